The highest BCUT2D eigenvalue weighted by Crippen LogP contribution is 2.45. The van der Waals surface area contributed by atoms with Gasteiger partial charge in [0.2, 0.25) is 0 Å². The molecule has 0 aromatic carbocycles. The molecule has 0 spiro atoms. The van der Waals surface area contributed by atoms with Crippen LogP contribution in [0.3, 0.4) is 0 Å². The minimum atomic E-state index is -4.96. The SMILES string of the molecule is CCCCCCCCCCCCCCCCCCCCC(=O)OC[C@H](COP(=O)(O)OC[C@@H](O)COP(=O)(O)OC[C@@H](COC(=O)CCCCCCCCCC)OC(=O)CCCCCCCCC(C)CC)OC(=O)CCCCCCCCCCCCCCCCCCC(C)C. The van der Waals surface area contributed by atoms with Gasteiger partial charge < -0.3 is 33.8 Å². The molecule has 6 atom stereocenters. The number of phosphoric ester groups is 2. The zero-order valence-corrected chi connectivity index (χ0v) is 63.8. The number of carbonyl (C=O) groups is 4. The molecule has 0 amide bonds. The summed E-state index contributed by atoms with van der Waals surface area (Å²) in [4.78, 5) is 72.7. The topological polar surface area (TPSA) is 237 Å². The van der Waals surface area contributed by atoms with Gasteiger partial charge in [0.1, 0.15) is 19.3 Å². The standard InChI is InChI=1S/C76H148O17P2/c1-7-10-12-14-16-18-19-20-21-22-23-27-30-33-36-40-47-53-59-74(79)87-64-71(92-75(80)60-54-48-41-37-34-31-28-25-24-26-29-32-35-38-44-50-56-68(4)5)66-90-94(82,83)88-62-70(77)63-89-95(84,85)91-67-72(65-86-73(78)58-52-46-39-17-15-13-11-8-2)93-76(81)61-55-49-43-42-45-51-57-69(6)9-3/h68-72,77H,7-67H2,1-6H3,(H,82,83)(H,84,85)/t69?,70-,71-,72-/m1/s1. The normalized spacial score (nSPS) is 14.3. The Kier molecular flexibility index (Phi) is 66.5. The number of esters is 4. The Balaban J connectivity index is 5.19. The fourth-order valence-corrected chi connectivity index (χ4v) is 13.2. The fourth-order valence-electron chi connectivity index (χ4n) is 11.6. The molecule has 3 N–H and O–H groups in total. The second kappa shape index (κ2) is 67.9. The number of aliphatic hydroxyl groups excluding tert-OH is 1. The van der Waals surface area contributed by atoms with Gasteiger partial charge in [-0.1, -0.05) is 343 Å². The van der Waals surface area contributed by atoms with Crippen molar-refractivity contribution >= 4 is 39.5 Å². The average molecular weight is 1400 g/mol. The summed E-state index contributed by atoms with van der Waals surface area (Å²) in [6.45, 7) is 9.55. The van der Waals surface area contributed by atoms with E-state index in [-0.39, 0.29) is 25.7 Å². The van der Waals surface area contributed by atoms with Crippen LogP contribution in [-0.4, -0.2) is 96.7 Å². The van der Waals surface area contributed by atoms with E-state index in [1.54, 1.807) is 0 Å². The van der Waals surface area contributed by atoms with E-state index in [4.69, 9.17) is 37.0 Å². The zero-order valence-electron chi connectivity index (χ0n) is 62.0. The summed E-state index contributed by atoms with van der Waals surface area (Å²) in [6, 6.07) is 0. The first kappa shape index (κ1) is 93.1. The molecule has 0 rings (SSSR count). The Hall–Kier alpha value is -1.94. The summed E-state index contributed by atoms with van der Waals surface area (Å²) < 4.78 is 68.4. The molecule has 3 unspecified atom stereocenters. The van der Waals surface area contributed by atoms with Gasteiger partial charge in [0, 0.05) is 25.7 Å². The maximum absolute atomic E-state index is 13.1. The molecular weight excluding hydrogens is 1250 g/mol. The molecule has 19 heteroatoms. The molecule has 0 aromatic rings. The van der Waals surface area contributed by atoms with Crippen LogP contribution in [0, 0.1) is 11.8 Å². The lowest BCUT2D eigenvalue weighted by Crippen LogP contribution is -2.30. The quantitative estimate of drug-likeness (QED) is 0.0222. The smallest absolute Gasteiger partial charge is 0.462 e. The molecule has 95 heavy (non-hydrogen) atoms. The highest BCUT2D eigenvalue weighted by Gasteiger charge is 2.30. The fraction of sp³-hybridized carbons (Fsp3) is 0.947. The van der Waals surface area contributed by atoms with Crippen LogP contribution >= 0.6 is 15.6 Å². The van der Waals surface area contributed by atoms with Crippen molar-refractivity contribution in [2.75, 3.05) is 39.6 Å². The van der Waals surface area contributed by atoms with Crippen LogP contribution in [0.5, 0.6) is 0 Å². The van der Waals surface area contributed by atoms with Gasteiger partial charge in [-0.3, -0.25) is 37.3 Å². The van der Waals surface area contributed by atoms with Crippen molar-refractivity contribution in [1.29, 1.82) is 0 Å². The zero-order chi connectivity index (χ0) is 70.0. The molecule has 0 saturated heterocycles. The van der Waals surface area contributed by atoms with E-state index >= 15 is 0 Å². The van der Waals surface area contributed by atoms with Crippen LogP contribution in [0.15, 0.2) is 0 Å². The molecule has 0 aliphatic rings. The van der Waals surface area contributed by atoms with Gasteiger partial charge in [-0.2, -0.15) is 0 Å². The van der Waals surface area contributed by atoms with E-state index in [1.165, 1.54) is 205 Å². The van der Waals surface area contributed by atoms with Crippen molar-refractivity contribution < 1.29 is 80.2 Å². The largest absolute Gasteiger partial charge is 0.472 e. The first-order chi connectivity index (χ1) is 45.9. The minimum absolute atomic E-state index is 0.103. The number of carbonyl (C=O) groups excluding carboxylic acids is 4. The predicted octanol–water partition coefficient (Wildman–Crippen LogP) is 22.3. The number of aliphatic hydroxyl groups is 1. The Labute approximate surface area is 581 Å². The van der Waals surface area contributed by atoms with Crippen LogP contribution in [0.1, 0.15) is 395 Å². The van der Waals surface area contributed by atoms with Crippen LogP contribution in [0.4, 0.5) is 0 Å². The maximum Gasteiger partial charge on any atom is 0.472 e. The van der Waals surface area contributed by atoms with E-state index in [2.05, 4.69) is 41.5 Å². The van der Waals surface area contributed by atoms with Crippen molar-refractivity contribution in [2.45, 2.75) is 413 Å². The minimum Gasteiger partial charge on any atom is -0.462 e. The Morgan fingerprint density at radius 1 is 0.305 bits per heavy atom. The third kappa shape index (κ3) is 69.0. The van der Waals surface area contributed by atoms with Gasteiger partial charge in [0.25, 0.3) is 0 Å². The van der Waals surface area contributed by atoms with E-state index in [1.807, 2.05) is 0 Å². The molecular formula is C76H148O17P2. The lowest BCUT2D eigenvalue weighted by molar-refractivity contribution is -0.161. The second-order valence-corrected chi connectivity index (χ2v) is 31.0. The summed E-state index contributed by atoms with van der Waals surface area (Å²) in [5, 5.41) is 10.6. The van der Waals surface area contributed by atoms with Crippen molar-refractivity contribution in [3.8, 4) is 0 Å². The van der Waals surface area contributed by atoms with Crippen LogP contribution in [-0.2, 0) is 65.4 Å². The van der Waals surface area contributed by atoms with Gasteiger partial charge in [-0.05, 0) is 37.5 Å². The lowest BCUT2D eigenvalue weighted by atomic mass is 10.00. The summed E-state index contributed by atoms with van der Waals surface area (Å²) >= 11 is 0. The Bertz CT molecular complexity index is 1840. The molecule has 0 heterocycles. The second-order valence-electron chi connectivity index (χ2n) is 28.1. The van der Waals surface area contributed by atoms with Gasteiger partial charge in [-0.25, -0.2) is 9.13 Å². The summed E-state index contributed by atoms with van der Waals surface area (Å²) in [5.74, 6) is -0.592. The lowest BCUT2D eigenvalue weighted by Gasteiger charge is -2.21. The first-order valence-corrected chi connectivity index (χ1v) is 42.5. The molecule has 0 fully saturated rings. The van der Waals surface area contributed by atoms with Crippen molar-refractivity contribution in [2.24, 2.45) is 11.8 Å². The molecule has 564 valence electrons. The number of phosphoric acid groups is 2. The summed E-state index contributed by atoms with van der Waals surface area (Å²) in [5.41, 5.74) is 0. The van der Waals surface area contributed by atoms with E-state index in [0.717, 1.165) is 108 Å². The van der Waals surface area contributed by atoms with Crippen molar-refractivity contribution in [1.82, 2.24) is 0 Å². The van der Waals surface area contributed by atoms with E-state index in [0.29, 0.717) is 25.7 Å². The maximum atomic E-state index is 13.1. The number of unbranched alkanes of at least 4 members (excludes halogenated alkanes) is 44. The highest BCUT2D eigenvalue weighted by atomic mass is 31.2. The Morgan fingerprint density at radius 2 is 0.537 bits per heavy atom. The van der Waals surface area contributed by atoms with Crippen molar-refractivity contribution in [3.05, 3.63) is 0 Å². The number of hydrogen-bond donors (Lipinski definition) is 3. The molecule has 17 nitrogen and oxygen atoms in total. The Morgan fingerprint density at radius 3 is 0.800 bits per heavy atom. The highest BCUT2D eigenvalue weighted by molar-refractivity contribution is 7.47. The van der Waals surface area contributed by atoms with Gasteiger partial charge in [0.05, 0.1) is 26.4 Å². The summed E-state index contributed by atoms with van der Waals surface area (Å²) in [6.07, 6.45) is 55.7. The van der Waals surface area contributed by atoms with E-state index in [9.17, 15) is 43.2 Å². The van der Waals surface area contributed by atoms with Crippen LogP contribution in [0.2, 0.25) is 0 Å². The molecule has 0 aliphatic heterocycles. The van der Waals surface area contributed by atoms with Crippen LogP contribution in [0.25, 0.3) is 0 Å². The van der Waals surface area contributed by atoms with Gasteiger partial charge >= 0.3 is 39.5 Å². The van der Waals surface area contributed by atoms with Gasteiger partial charge in [0.15, 0.2) is 12.2 Å². The monoisotopic (exact) mass is 1400 g/mol. The summed E-state index contributed by atoms with van der Waals surface area (Å²) in [7, 11) is -9.91. The van der Waals surface area contributed by atoms with E-state index < -0.39 is 97.5 Å². The molecule has 0 aliphatic carbocycles. The van der Waals surface area contributed by atoms with Crippen molar-refractivity contribution in [3.63, 3.8) is 0 Å². The molecule has 0 bridgehead atoms. The number of ether oxygens (including phenoxy) is 4. The molecule has 0 saturated carbocycles. The number of hydrogen-bond acceptors (Lipinski definition) is 15. The van der Waals surface area contributed by atoms with Crippen LogP contribution < -0.4 is 0 Å². The first-order valence-electron chi connectivity index (χ1n) is 39.5. The molecule has 0 radical (unpaired) electrons. The number of rotatable bonds is 75. The van der Waals surface area contributed by atoms with Gasteiger partial charge in [-0.15, -0.1) is 0 Å². The predicted molar refractivity (Wildman–Crippen MR) is 386 cm³/mol. The average Bonchev–Trinajstić information content (AvgIpc) is 1.54. The third-order valence-electron chi connectivity index (χ3n) is 18.1. The third-order valence-corrected chi connectivity index (χ3v) is 20.0. The molecule has 0 aromatic heterocycles.